The zero-order valence-electron chi connectivity index (χ0n) is 14.6. The van der Waals surface area contributed by atoms with Crippen LogP contribution in [-0.2, 0) is 0 Å². The molecular weight excluding hydrogens is 264 g/mol. The maximum absolute atomic E-state index is 3.62. The summed E-state index contributed by atoms with van der Waals surface area (Å²) in [6.45, 7) is 5.89. The molecular formula is C22H35. The third-order valence-electron chi connectivity index (χ3n) is 3.48. The maximum atomic E-state index is 3.62. The molecule has 0 aliphatic heterocycles. The van der Waals surface area contributed by atoms with Gasteiger partial charge in [-0.2, -0.15) is 0 Å². The molecule has 0 heteroatoms. The van der Waals surface area contributed by atoms with Gasteiger partial charge in [-0.15, -0.1) is 0 Å². The minimum absolute atomic E-state index is 1.20. The van der Waals surface area contributed by atoms with E-state index in [0.29, 0.717) is 0 Å². The Bertz CT molecular complexity index is 328. The third-order valence-corrected chi connectivity index (χ3v) is 3.48. The second-order valence-electron chi connectivity index (χ2n) is 5.59. The number of rotatable bonds is 15. The molecule has 0 fully saturated rings. The van der Waals surface area contributed by atoms with Crippen molar-refractivity contribution in [2.45, 2.75) is 71.1 Å². The lowest BCUT2D eigenvalue weighted by Crippen LogP contribution is -1.82. The van der Waals surface area contributed by atoms with Gasteiger partial charge in [0.25, 0.3) is 0 Å². The highest BCUT2D eigenvalue weighted by Gasteiger charge is 1.91. The lowest BCUT2D eigenvalue weighted by molar-refractivity contribution is 0.627. The maximum Gasteiger partial charge on any atom is -0.0348 e. The van der Waals surface area contributed by atoms with E-state index in [1.165, 1.54) is 64.2 Å². The highest BCUT2D eigenvalue weighted by molar-refractivity contribution is 5.17. The fraction of sp³-hybridized carbons (Fsp3) is 0.500. The van der Waals surface area contributed by atoms with Crippen LogP contribution in [0.3, 0.4) is 0 Å². The van der Waals surface area contributed by atoms with Gasteiger partial charge >= 0.3 is 0 Å². The van der Waals surface area contributed by atoms with E-state index in [-0.39, 0.29) is 0 Å². The molecule has 0 aliphatic carbocycles. The van der Waals surface area contributed by atoms with E-state index >= 15 is 0 Å². The van der Waals surface area contributed by atoms with Crippen molar-refractivity contribution >= 4 is 0 Å². The number of hydrogen-bond acceptors (Lipinski definition) is 0. The van der Waals surface area contributed by atoms with Gasteiger partial charge in [-0.3, -0.25) is 0 Å². The second-order valence-corrected chi connectivity index (χ2v) is 5.59. The van der Waals surface area contributed by atoms with E-state index in [1.807, 2.05) is 24.3 Å². The van der Waals surface area contributed by atoms with Crippen LogP contribution in [0.4, 0.5) is 0 Å². The quantitative estimate of drug-likeness (QED) is 0.216. The number of allylic oxidation sites excluding steroid dienone is 9. The summed E-state index contributed by atoms with van der Waals surface area (Å²) in [5, 5.41) is 0. The first kappa shape index (κ1) is 20.7. The van der Waals surface area contributed by atoms with Crippen molar-refractivity contribution in [3.63, 3.8) is 0 Å². The summed E-state index contributed by atoms with van der Waals surface area (Å²) in [4.78, 5) is 0. The normalized spacial score (nSPS) is 12.4. The second kappa shape index (κ2) is 19.7. The molecule has 22 heavy (non-hydrogen) atoms. The van der Waals surface area contributed by atoms with Crippen LogP contribution in [0.15, 0.2) is 61.3 Å². The van der Waals surface area contributed by atoms with Crippen LogP contribution in [0, 0.1) is 6.42 Å². The molecule has 0 bridgehead atoms. The monoisotopic (exact) mass is 299 g/mol. The first-order valence-corrected chi connectivity index (χ1v) is 9.01. The van der Waals surface area contributed by atoms with Gasteiger partial charge in [-0.1, -0.05) is 120 Å². The third kappa shape index (κ3) is 18.7. The summed E-state index contributed by atoms with van der Waals surface area (Å²) in [6.07, 6.45) is 34.1. The van der Waals surface area contributed by atoms with Crippen molar-refractivity contribution in [1.29, 1.82) is 0 Å². The fourth-order valence-corrected chi connectivity index (χ4v) is 2.16. The summed E-state index contributed by atoms with van der Waals surface area (Å²) in [6, 6.07) is 0. The lowest BCUT2D eigenvalue weighted by atomic mass is 10.1. The zero-order chi connectivity index (χ0) is 16.1. The SMILES string of the molecule is C=C/C=C\C=CC=CC=CCCCCC[CH]CCCCCC. The molecule has 0 spiro atoms. The Morgan fingerprint density at radius 2 is 1.14 bits per heavy atom. The van der Waals surface area contributed by atoms with Gasteiger partial charge in [0, 0.05) is 0 Å². The van der Waals surface area contributed by atoms with Crippen molar-refractivity contribution in [2.75, 3.05) is 0 Å². The average Bonchev–Trinajstić information content (AvgIpc) is 2.54. The standard InChI is InChI=1S/C22H35/c1-3-5-7-9-11-13-15-17-19-21-22-20-18-16-14-12-10-8-6-4-2/h3,5,7,9,11,13-15,17,19H,1,4,6,8,10,12,16,18,20-22H2,2H3/b7-5-,11-9?,15-13?,19-17?. The molecule has 1 radical (unpaired) electrons. The van der Waals surface area contributed by atoms with Gasteiger partial charge in [-0.25, -0.2) is 0 Å². The van der Waals surface area contributed by atoms with Crippen LogP contribution in [0.25, 0.3) is 0 Å². The van der Waals surface area contributed by atoms with Crippen molar-refractivity contribution in [3.05, 3.63) is 67.7 Å². The first-order chi connectivity index (χ1) is 10.9. The van der Waals surface area contributed by atoms with Gasteiger partial charge in [-0.05, 0) is 19.3 Å². The molecule has 0 aromatic carbocycles. The summed E-state index contributed by atoms with van der Waals surface area (Å²) in [5.74, 6) is 0. The van der Waals surface area contributed by atoms with Crippen molar-refractivity contribution in [3.8, 4) is 0 Å². The number of hydrogen-bond donors (Lipinski definition) is 0. The van der Waals surface area contributed by atoms with Crippen LogP contribution in [-0.4, -0.2) is 0 Å². The average molecular weight is 300 g/mol. The van der Waals surface area contributed by atoms with Crippen LogP contribution in [0.2, 0.25) is 0 Å². The molecule has 0 saturated heterocycles. The van der Waals surface area contributed by atoms with Gasteiger partial charge in [0.15, 0.2) is 0 Å². The fourth-order valence-electron chi connectivity index (χ4n) is 2.16. The summed E-state index contributed by atoms with van der Waals surface area (Å²) < 4.78 is 0. The topological polar surface area (TPSA) is 0 Å². The predicted octanol–water partition coefficient (Wildman–Crippen LogP) is 7.52. The van der Waals surface area contributed by atoms with E-state index in [0.717, 1.165) is 0 Å². The Morgan fingerprint density at radius 3 is 1.77 bits per heavy atom. The molecule has 0 heterocycles. The Kier molecular flexibility index (Phi) is 18.5. The van der Waals surface area contributed by atoms with Crippen molar-refractivity contribution in [2.24, 2.45) is 0 Å². The highest BCUT2D eigenvalue weighted by Crippen LogP contribution is 2.10. The lowest BCUT2D eigenvalue weighted by Gasteiger charge is -2.00. The van der Waals surface area contributed by atoms with E-state index in [1.54, 1.807) is 6.08 Å². The first-order valence-electron chi connectivity index (χ1n) is 9.01. The highest BCUT2D eigenvalue weighted by atomic mass is 14.0. The molecule has 0 unspecified atom stereocenters. The van der Waals surface area contributed by atoms with E-state index in [9.17, 15) is 0 Å². The Labute approximate surface area is 139 Å². The molecule has 0 rings (SSSR count). The Morgan fingerprint density at radius 1 is 0.591 bits per heavy atom. The zero-order valence-corrected chi connectivity index (χ0v) is 14.6. The smallest absolute Gasteiger partial charge is 0.0348 e. The molecule has 0 N–H and O–H groups in total. The van der Waals surface area contributed by atoms with Gasteiger partial charge < -0.3 is 0 Å². The summed E-state index contributed by atoms with van der Waals surface area (Å²) in [7, 11) is 0. The molecule has 0 aromatic heterocycles. The molecule has 0 aliphatic rings. The van der Waals surface area contributed by atoms with Gasteiger partial charge in [0.1, 0.15) is 0 Å². The van der Waals surface area contributed by atoms with Crippen LogP contribution >= 0.6 is 0 Å². The predicted molar refractivity (Wildman–Crippen MR) is 103 cm³/mol. The van der Waals surface area contributed by atoms with E-state index < -0.39 is 0 Å². The van der Waals surface area contributed by atoms with Gasteiger partial charge in [0.2, 0.25) is 0 Å². The minimum Gasteiger partial charge on any atom is -0.0991 e. The molecule has 0 saturated carbocycles. The van der Waals surface area contributed by atoms with Gasteiger partial charge in [0.05, 0.1) is 0 Å². The van der Waals surface area contributed by atoms with E-state index in [4.69, 9.17) is 0 Å². The van der Waals surface area contributed by atoms with Crippen LogP contribution < -0.4 is 0 Å². The Hall–Kier alpha value is -1.30. The van der Waals surface area contributed by atoms with Crippen LogP contribution in [0.1, 0.15) is 71.1 Å². The molecule has 0 atom stereocenters. The molecule has 0 nitrogen and oxygen atoms in total. The van der Waals surface area contributed by atoms with Crippen molar-refractivity contribution in [1.82, 2.24) is 0 Å². The number of unbranched alkanes of at least 4 members (excludes halogenated alkanes) is 10. The molecule has 0 aromatic rings. The molecule has 0 amide bonds. The molecule has 123 valence electrons. The Balaban J connectivity index is 3.26. The minimum atomic E-state index is 1.20. The van der Waals surface area contributed by atoms with Crippen LogP contribution in [0.5, 0.6) is 0 Å². The van der Waals surface area contributed by atoms with Crippen molar-refractivity contribution < 1.29 is 0 Å². The largest absolute Gasteiger partial charge is 0.0991 e. The van der Waals surface area contributed by atoms with E-state index in [2.05, 4.69) is 44.2 Å². The summed E-state index contributed by atoms with van der Waals surface area (Å²) >= 11 is 0. The summed E-state index contributed by atoms with van der Waals surface area (Å²) in [5.41, 5.74) is 0.